The quantitative estimate of drug-likeness (QED) is 0.803. The number of hydrogen-bond acceptors (Lipinski definition) is 2. The lowest BCUT2D eigenvalue weighted by Crippen LogP contribution is -2.18. The minimum absolute atomic E-state index is 0.425. The van der Waals surface area contributed by atoms with Crippen LogP contribution in [0.2, 0.25) is 0 Å². The first-order valence-corrected chi connectivity index (χ1v) is 4.19. The lowest BCUT2D eigenvalue weighted by molar-refractivity contribution is 0.116. The number of halogens is 2. The number of nitrogens with two attached hydrogens (primary N) is 1. The maximum absolute atomic E-state index is 12.3. The van der Waals surface area contributed by atoms with Crippen LogP contribution in [0.3, 0.4) is 0 Å². The van der Waals surface area contributed by atoms with E-state index in [4.69, 9.17) is 10.2 Å². The van der Waals surface area contributed by atoms with Crippen LogP contribution in [0.1, 0.15) is 11.6 Å². The SMILES string of the molecule is NC(c1ccc2occc2c1)C(F)F. The highest BCUT2D eigenvalue weighted by molar-refractivity contribution is 5.77. The van der Waals surface area contributed by atoms with Crippen molar-refractivity contribution < 1.29 is 13.2 Å². The summed E-state index contributed by atoms with van der Waals surface area (Å²) in [5.41, 5.74) is 6.42. The number of alkyl halides is 2. The highest BCUT2D eigenvalue weighted by Crippen LogP contribution is 2.23. The third-order valence-electron chi connectivity index (χ3n) is 2.13. The van der Waals surface area contributed by atoms with E-state index in [2.05, 4.69) is 0 Å². The summed E-state index contributed by atoms with van der Waals surface area (Å²) < 4.78 is 29.7. The van der Waals surface area contributed by atoms with E-state index >= 15 is 0 Å². The molecule has 0 amide bonds. The fourth-order valence-corrected chi connectivity index (χ4v) is 1.34. The van der Waals surface area contributed by atoms with Crippen molar-refractivity contribution >= 4 is 11.0 Å². The van der Waals surface area contributed by atoms with Gasteiger partial charge in [0.2, 0.25) is 0 Å². The zero-order valence-corrected chi connectivity index (χ0v) is 7.28. The zero-order valence-electron chi connectivity index (χ0n) is 7.28. The molecule has 1 aromatic carbocycles. The van der Waals surface area contributed by atoms with Crippen molar-refractivity contribution in [2.24, 2.45) is 5.73 Å². The van der Waals surface area contributed by atoms with Crippen LogP contribution in [0.5, 0.6) is 0 Å². The Labute approximate surface area is 79.3 Å². The molecule has 1 heterocycles. The predicted octanol–water partition coefficient (Wildman–Crippen LogP) is 2.70. The van der Waals surface area contributed by atoms with Crippen LogP contribution >= 0.6 is 0 Å². The first-order chi connectivity index (χ1) is 6.68. The van der Waals surface area contributed by atoms with Crippen molar-refractivity contribution in [3.8, 4) is 0 Å². The molecular formula is C10H9F2NO. The largest absolute Gasteiger partial charge is 0.464 e. The molecule has 0 aliphatic heterocycles. The summed E-state index contributed by atoms with van der Waals surface area (Å²) in [6, 6.07) is 5.32. The monoisotopic (exact) mass is 197 g/mol. The van der Waals surface area contributed by atoms with Gasteiger partial charge >= 0.3 is 0 Å². The fraction of sp³-hybridized carbons (Fsp3) is 0.200. The highest BCUT2D eigenvalue weighted by atomic mass is 19.3. The van der Waals surface area contributed by atoms with Gasteiger partial charge in [-0.25, -0.2) is 8.78 Å². The summed E-state index contributed by atoms with van der Waals surface area (Å²) in [6.07, 6.45) is -1.03. The number of furan rings is 1. The van der Waals surface area contributed by atoms with Crippen molar-refractivity contribution in [1.29, 1.82) is 0 Å². The molecule has 74 valence electrons. The predicted molar refractivity (Wildman–Crippen MR) is 49.1 cm³/mol. The average molecular weight is 197 g/mol. The van der Waals surface area contributed by atoms with Gasteiger partial charge in [0, 0.05) is 5.39 Å². The summed E-state index contributed by atoms with van der Waals surface area (Å²) >= 11 is 0. The molecule has 2 N–H and O–H groups in total. The van der Waals surface area contributed by atoms with Gasteiger partial charge in [-0.2, -0.15) is 0 Å². The maximum Gasteiger partial charge on any atom is 0.257 e. The molecule has 1 aromatic heterocycles. The van der Waals surface area contributed by atoms with Crippen LogP contribution in [-0.4, -0.2) is 6.43 Å². The summed E-state index contributed by atoms with van der Waals surface area (Å²) in [5, 5.41) is 0.790. The Hall–Kier alpha value is -1.42. The van der Waals surface area contributed by atoms with E-state index in [9.17, 15) is 8.78 Å². The molecule has 0 fully saturated rings. The average Bonchev–Trinajstić information content (AvgIpc) is 2.62. The third kappa shape index (κ3) is 1.48. The van der Waals surface area contributed by atoms with Crippen LogP contribution in [0.25, 0.3) is 11.0 Å². The molecule has 1 atom stereocenters. The van der Waals surface area contributed by atoms with E-state index in [0.29, 0.717) is 11.1 Å². The Morgan fingerprint density at radius 3 is 2.71 bits per heavy atom. The van der Waals surface area contributed by atoms with Crippen molar-refractivity contribution in [1.82, 2.24) is 0 Å². The molecule has 2 aromatic rings. The Morgan fingerprint density at radius 1 is 1.21 bits per heavy atom. The molecule has 14 heavy (non-hydrogen) atoms. The number of fused-ring (bicyclic) bond motifs is 1. The second kappa shape index (κ2) is 3.38. The zero-order chi connectivity index (χ0) is 10.1. The molecule has 0 bridgehead atoms. The van der Waals surface area contributed by atoms with Gasteiger partial charge in [-0.3, -0.25) is 0 Å². The Balaban J connectivity index is 2.43. The molecule has 0 spiro atoms. The Kier molecular flexibility index (Phi) is 2.21. The Morgan fingerprint density at radius 2 is 2.00 bits per heavy atom. The topological polar surface area (TPSA) is 39.2 Å². The molecule has 0 saturated carbocycles. The molecule has 0 aliphatic carbocycles. The first kappa shape index (κ1) is 9.15. The van der Waals surface area contributed by atoms with Crippen molar-refractivity contribution in [2.75, 3.05) is 0 Å². The van der Waals surface area contributed by atoms with Crippen molar-refractivity contribution in [3.05, 3.63) is 36.1 Å². The van der Waals surface area contributed by atoms with Crippen molar-refractivity contribution in [2.45, 2.75) is 12.5 Å². The molecule has 0 radical (unpaired) electrons. The van der Waals surface area contributed by atoms with E-state index in [1.54, 1.807) is 24.3 Å². The van der Waals surface area contributed by atoms with Crippen molar-refractivity contribution in [3.63, 3.8) is 0 Å². The van der Waals surface area contributed by atoms with Gasteiger partial charge in [0.05, 0.1) is 12.3 Å². The Bertz CT molecular complexity index is 438. The highest BCUT2D eigenvalue weighted by Gasteiger charge is 2.17. The van der Waals surface area contributed by atoms with Gasteiger partial charge in [0.1, 0.15) is 5.58 Å². The molecule has 4 heteroatoms. The molecule has 1 unspecified atom stereocenters. The molecule has 2 rings (SSSR count). The normalized spacial score (nSPS) is 13.7. The molecule has 0 saturated heterocycles. The minimum Gasteiger partial charge on any atom is -0.464 e. The lowest BCUT2D eigenvalue weighted by Gasteiger charge is -2.09. The maximum atomic E-state index is 12.3. The lowest BCUT2D eigenvalue weighted by atomic mass is 10.1. The number of benzene rings is 1. The van der Waals surface area contributed by atoms with Gasteiger partial charge in [0.25, 0.3) is 6.43 Å². The minimum atomic E-state index is -2.54. The van der Waals surface area contributed by atoms with Crippen LogP contribution < -0.4 is 5.73 Å². The van der Waals surface area contributed by atoms with E-state index in [1.807, 2.05) is 0 Å². The van der Waals surface area contributed by atoms with Gasteiger partial charge in [-0.05, 0) is 23.8 Å². The fourth-order valence-electron chi connectivity index (χ4n) is 1.34. The molecular weight excluding hydrogens is 188 g/mol. The molecule has 0 aliphatic rings. The van der Waals surface area contributed by atoms with E-state index < -0.39 is 12.5 Å². The second-order valence-corrected chi connectivity index (χ2v) is 3.08. The second-order valence-electron chi connectivity index (χ2n) is 3.08. The summed E-state index contributed by atoms with van der Waals surface area (Å²) in [5.74, 6) is 0. The number of hydrogen-bond donors (Lipinski definition) is 1. The van der Waals surface area contributed by atoms with E-state index in [-0.39, 0.29) is 0 Å². The van der Waals surface area contributed by atoms with E-state index in [1.165, 1.54) is 6.26 Å². The smallest absolute Gasteiger partial charge is 0.257 e. The number of rotatable bonds is 2. The van der Waals surface area contributed by atoms with Gasteiger partial charge in [-0.15, -0.1) is 0 Å². The van der Waals surface area contributed by atoms with Crippen LogP contribution in [0.4, 0.5) is 8.78 Å². The summed E-state index contributed by atoms with van der Waals surface area (Å²) in [6.45, 7) is 0. The molecule has 2 nitrogen and oxygen atoms in total. The summed E-state index contributed by atoms with van der Waals surface area (Å²) in [4.78, 5) is 0. The van der Waals surface area contributed by atoms with Crippen LogP contribution in [0.15, 0.2) is 34.9 Å². The van der Waals surface area contributed by atoms with Gasteiger partial charge < -0.3 is 10.2 Å². The van der Waals surface area contributed by atoms with Gasteiger partial charge in [-0.1, -0.05) is 6.07 Å². The van der Waals surface area contributed by atoms with Crippen LogP contribution in [0, 0.1) is 0 Å². The third-order valence-corrected chi connectivity index (χ3v) is 2.13. The van der Waals surface area contributed by atoms with Crippen LogP contribution in [-0.2, 0) is 0 Å². The first-order valence-electron chi connectivity index (χ1n) is 4.19. The van der Waals surface area contributed by atoms with E-state index in [0.717, 1.165) is 5.39 Å². The standard InChI is InChI=1S/C10H9F2NO/c11-10(12)9(13)7-1-2-8-6(5-7)3-4-14-8/h1-5,9-10H,13H2. The summed E-state index contributed by atoms with van der Waals surface area (Å²) in [7, 11) is 0. The van der Waals surface area contributed by atoms with Gasteiger partial charge in [0.15, 0.2) is 0 Å².